The number of rotatable bonds is 6. The van der Waals surface area contributed by atoms with Gasteiger partial charge in [0.05, 0.1) is 5.69 Å². The van der Waals surface area contributed by atoms with Gasteiger partial charge in [-0.1, -0.05) is 30.3 Å². The van der Waals surface area contributed by atoms with E-state index in [0.717, 1.165) is 67.7 Å². The molecule has 2 atom stereocenters. The van der Waals surface area contributed by atoms with E-state index in [4.69, 9.17) is 10.5 Å². The first-order valence-corrected chi connectivity index (χ1v) is 12.1. The van der Waals surface area contributed by atoms with Crippen LogP contribution in [0.1, 0.15) is 53.6 Å². The maximum absolute atomic E-state index is 13.1. The highest BCUT2D eigenvalue weighted by molar-refractivity contribution is 5.97. The van der Waals surface area contributed by atoms with Gasteiger partial charge in [-0.3, -0.25) is 4.79 Å². The van der Waals surface area contributed by atoms with E-state index in [1.807, 2.05) is 30.3 Å². The van der Waals surface area contributed by atoms with Crippen LogP contribution >= 0.6 is 0 Å². The average molecular weight is 447 g/mol. The van der Waals surface area contributed by atoms with Crippen LogP contribution in [-0.2, 0) is 22.6 Å². The molecule has 0 radical (unpaired) electrons. The topological polar surface area (TPSA) is 106 Å². The van der Waals surface area contributed by atoms with Crippen molar-refractivity contribution in [2.75, 3.05) is 17.2 Å². The maximum Gasteiger partial charge on any atom is 0.342 e. The third-order valence-corrected chi connectivity index (χ3v) is 8.39. The highest BCUT2D eigenvalue weighted by Gasteiger charge is 2.58. The minimum Gasteiger partial charge on any atom is -0.457 e. The van der Waals surface area contributed by atoms with Crippen molar-refractivity contribution in [3.8, 4) is 0 Å². The zero-order valence-corrected chi connectivity index (χ0v) is 18.7. The molecule has 4 N–H and O–H groups in total. The molecule has 2 aromatic rings. The zero-order chi connectivity index (χ0) is 22.6. The van der Waals surface area contributed by atoms with Gasteiger partial charge < -0.3 is 21.1 Å². The number of amides is 1. The van der Waals surface area contributed by atoms with E-state index < -0.39 is 0 Å². The molecule has 4 saturated carbocycles. The lowest BCUT2D eigenvalue weighted by Crippen LogP contribution is -2.59. The Morgan fingerprint density at radius 1 is 1.15 bits per heavy atom. The fraction of sp³-hybridized carbons (Fsp3) is 0.500. The molecular weight excluding hydrogens is 416 g/mol. The number of anilines is 2. The quantitative estimate of drug-likeness (QED) is 0.587. The summed E-state index contributed by atoms with van der Waals surface area (Å²) in [5.41, 5.74) is 8.90. The van der Waals surface area contributed by atoms with Gasteiger partial charge in [0.1, 0.15) is 18.0 Å². The minimum atomic E-state index is -0.360. The van der Waals surface area contributed by atoms with Gasteiger partial charge in [-0.15, -0.1) is 0 Å². The molecule has 4 bridgehead atoms. The first-order valence-electron chi connectivity index (χ1n) is 12.1. The van der Waals surface area contributed by atoms with Gasteiger partial charge in [0.15, 0.2) is 0 Å². The molecule has 1 amide bonds. The standard InChI is InChI=1S/C26H30N4O3/c27-25(32)26-10-16-8-17(11-26)21(18(9-16)12-26)30-22-19-6-7-28-23(19)29-13-20(22)24(31)33-14-15-4-2-1-3-5-15/h1-5,13,16-18,21H,6-12,14H2,(H2,27,32)(H2,28,29,30). The lowest BCUT2D eigenvalue weighted by atomic mass is 9.47. The molecule has 5 aliphatic rings. The largest absolute Gasteiger partial charge is 0.457 e. The Morgan fingerprint density at radius 2 is 1.91 bits per heavy atom. The van der Waals surface area contributed by atoms with Crippen LogP contribution in [0.4, 0.5) is 11.5 Å². The SMILES string of the molecule is NC(=O)C12CC3CC(C1)C(Nc1c(C(=O)OCc4ccccc4)cnc4c1CCN4)C(C3)C2. The van der Waals surface area contributed by atoms with Crippen LogP contribution < -0.4 is 16.4 Å². The smallest absolute Gasteiger partial charge is 0.342 e. The third kappa shape index (κ3) is 3.45. The number of nitrogens with zero attached hydrogens (tertiary/aromatic N) is 1. The fourth-order valence-corrected chi connectivity index (χ4v) is 7.10. The molecule has 4 aliphatic carbocycles. The van der Waals surface area contributed by atoms with Gasteiger partial charge in [-0.05, 0) is 61.8 Å². The molecule has 1 aromatic heterocycles. The summed E-state index contributed by atoms with van der Waals surface area (Å²) in [6, 6.07) is 9.94. The first kappa shape index (κ1) is 20.5. The molecule has 2 unspecified atom stereocenters. The van der Waals surface area contributed by atoms with Gasteiger partial charge in [0.25, 0.3) is 0 Å². The normalized spacial score (nSPS) is 31.0. The molecule has 4 fully saturated rings. The van der Waals surface area contributed by atoms with Crippen LogP contribution in [0.25, 0.3) is 0 Å². The van der Waals surface area contributed by atoms with Gasteiger partial charge in [0.2, 0.25) is 5.91 Å². The number of carbonyl (C=O) groups excluding carboxylic acids is 2. The summed E-state index contributed by atoms with van der Waals surface area (Å²) in [4.78, 5) is 30.0. The predicted octanol–water partition coefficient (Wildman–Crippen LogP) is 3.50. The number of pyridine rings is 1. The van der Waals surface area contributed by atoms with E-state index in [0.29, 0.717) is 23.3 Å². The van der Waals surface area contributed by atoms with Crippen LogP contribution in [0.5, 0.6) is 0 Å². The van der Waals surface area contributed by atoms with Crippen LogP contribution in [-0.4, -0.2) is 29.4 Å². The lowest BCUT2D eigenvalue weighted by Gasteiger charge is -2.59. The number of hydrogen-bond donors (Lipinski definition) is 3. The molecule has 7 heteroatoms. The van der Waals surface area contributed by atoms with E-state index in [1.165, 1.54) is 0 Å². The van der Waals surface area contributed by atoms with Crippen LogP contribution in [0.15, 0.2) is 36.5 Å². The summed E-state index contributed by atoms with van der Waals surface area (Å²) in [6.07, 6.45) is 7.37. The molecule has 1 aliphatic heterocycles. The number of fused-ring (bicyclic) bond motifs is 1. The summed E-state index contributed by atoms with van der Waals surface area (Å²) in [6.45, 7) is 1.04. The second-order valence-electron chi connectivity index (χ2n) is 10.4. The maximum atomic E-state index is 13.1. The lowest BCUT2D eigenvalue weighted by molar-refractivity contribution is -0.143. The third-order valence-electron chi connectivity index (χ3n) is 8.39. The first-order chi connectivity index (χ1) is 16.0. The Morgan fingerprint density at radius 3 is 2.64 bits per heavy atom. The molecule has 2 heterocycles. The van der Waals surface area contributed by atoms with E-state index in [2.05, 4.69) is 15.6 Å². The van der Waals surface area contributed by atoms with E-state index in [1.54, 1.807) is 6.20 Å². The van der Waals surface area contributed by atoms with Crippen molar-refractivity contribution in [2.45, 2.75) is 51.2 Å². The zero-order valence-electron chi connectivity index (χ0n) is 18.7. The van der Waals surface area contributed by atoms with Crippen molar-refractivity contribution in [1.82, 2.24) is 4.98 Å². The molecule has 1 aromatic carbocycles. The Bertz CT molecular complexity index is 1090. The highest BCUT2D eigenvalue weighted by atomic mass is 16.5. The van der Waals surface area contributed by atoms with Crippen molar-refractivity contribution in [2.24, 2.45) is 28.9 Å². The number of esters is 1. The van der Waals surface area contributed by atoms with Crippen LogP contribution in [0.3, 0.4) is 0 Å². The van der Waals surface area contributed by atoms with E-state index in [9.17, 15) is 9.59 Å². The van der Waals surface area contributed by atoms with Gasteiger partial charge >= 0.3 is 5.97 Å². The Kier molecular flexibility index (Phi) is 4.82. The minimum absolute atomic E-state index is 0.125. The Hall–Kier alpha value is -3.09. The number of nitrogens with two attached hydrogens (primary N) is 1. The van der Waals surface area contributed by atoms with Crippen molar-refractivity contribution < 1.29 is 14.3 Å². The molecule has 33 heavy (non-hydrogen) atoms. The number of nitrogens with one attached hydrogen (secondary N) is 2. The molecule has 0 spiro atoms. The number of benzene rings is 1. The van der Waals surface area contributed by atoms with Gasteiger partial charge in [0, 0.05) is 29.8 Å². The molecular formula is C26H30N4O3. The summed E-state index contributed by atoms with van der Waals surface area (Å²) >= 11 is 0. The van der Waals surface area contributed by atoms with Crippen LogP contribution in [0.2, 0.25) is 0 Å². The highest BCUT2D eigenvalue weighted by Crippen LogP contribution is 2.60. The Balaban J connectivity index is 1.28. The molecule has 7 rings (SSSR count). The van der Waals surface area contributed by atoms with Crippen LogP contribution in [0, 0.1) is 23.2 Å². The molecule has 7 nitrogen and oxygen atoms in total. The summed E-state index contributed by atoms with van der Waals surface area (Å²) in [5, 5.41) is 7.12. The van der Waals surface area contributed by atoms with Crippen molar-refractivity contribution in [3.63, 3.8) is 0 Å². The van der Waals surface area contributed by atoms with Gasteiger partial charge in [-0.25, -0.2) is 9.78 Å². The molecule has 172 valence electrons. The second kappa shape index (κ2) is 7.75. The van der Waals surface area contributed by atoms with Crippen molar-refractivity contribution in [1.29, 1.82) is 0 Å². The number of hydrogen-bond acceptors (Lipinski definition) is 6. The van der Waals surface area contributed by atoms with Gasteiger partial charge in [-0.2, -0.15) is 0 Å². The fourth-order valence-electron chi connectivity index (χ4n) is 7.10. The average Bonchev–Trinajstić information content (AvgIpc) is 3.29. The van der Waals surface area contributed by atoms with Crippen molar-refractivity contribution >= 4 is 23.4 Å². The summed E-state index contributed by atoms with van der Waals surface area (Å²) < 4.78 is 5.67. The van der Waals surface area contributed by atoms with E-state index >= 15 is 0 Å². The Labute approximate surface area is 193 Å². The second-order valence-corrected chi connectivity index (χ2v) is 10.4. The number of aromatic nitrogens is 1. The number of ether oxygens (including phenoxy) is 1. The van der Waals surface area contributed by atoms with E-state index in [-0.39, 0.29) is 29.9 Å². The number of carbonyl (C=O) groups is 2. The number of primary amides is 1. The van der Waals surface area contributed by atoms with Crippen molar-refractivity contribution in [3.05, 3.63) is 53.2 Å². The molecule has 0 saturated heterocycles. The summed E-state index contributed by atoms with van der Waals surface area (Å²) in [5.74, 6) is 1.74. The predicted molar refractivity (Wildman–Crippen MR) is 125 cm³/mol. The summed E-state index contributed by atoms with van der Waals surface area (Å²) in [7, 11) is 0. The monoisotopic (exact) mass is 446 g/mol.